The number of rotatable bonds is 6. The van der Waals surface area contributed by atoms with E-state index in [0.29, 0.717) is 5.69 Å². The number of nitrogens with zero attached hydrogens (tertiary/aromatic N) is 1. The van der Waals surface area contributed by atoms with E-state index in [1.54, 1.807) is 13.0 Å². The van der Waals surface area contributed by atoms with Crippen molar-refractivity contribution in [2.75, 3.05) is 15.9 Å². The van der Waals surface area contributed by atoms with Crippen LogP contribution >= 0.6 is 23.2 Å². The van der Waals surface area contributed by atoms with Crippen molar-refractivity contribution in [3.05, 3.63) is 57.6 Å². The minimum atomic E-state index is -3.76. The summed E-state index contributed by atoms with van der Waals surface area (Å²) in [7, 11) is -3.76. The van der Waals surface area contributed by atoms with Gasteiger partial charge in [-0.2, -0.15) is 0 Å². The van der Waals surface area contributed by atoms with Crippen molar-refractivity contribution in [3.63, 3.8) is 0 Å². The molecule has 0 spiro atoms. The first-order valence-corrected chi connectivity index (χ1v) is 11.0. The van der Waals surface area contributed by atoms with Gasteiger partial charge in [-0.05, 0) is 50.1 Å². The number of hydrogen-bond acceptors (Lipinski definition) is 3. The monoisotopic (exact) mass is 428 g/mol. The van der Waals surface area contributed by atoms with E-state index >= 15 is 0 Å². The second-order valence-electron chi connectivity index (χ2n) is 6.42. The molecule has 1 atom stereocenters. The SMILES string of the molecule is CC[C@@H](C(=O)Nc1ccc(C)cc1C)N(c1cc(Cl)cc(Cl)c1)S(C)(=O)=O. The van der Waals surface area contributed by atoms with Crippen molar-refractivity contribution in [3.8, 4) is 0 Å². The van der Waals surface area contributed by atoms with E-state index < -0.39 is 22.0 Å². The molecule has 146 valence electrons. The van der Waals surface area contributed by atoms with Gasteiger partial charge in [0.15, 0.2) is 0 Å². The molecule has 27 heavy (non-hydrogen) atoms. The van der Waals surface area contributed by atoms with E-state index in [-0.39, 0.29) is 22.2 Å². The third kappa shape index (κ3) is 5.37. The van der Waals surface area contributed by atoms with Crippen LogP contribution in [0.3, 0.4) is 0 Å². The first-order chi connectivity index (χ1) is 12.5. The van der Waals surface area contributed by atoms with E-state index in [9.17, 15) is 13.2 Å². The van der Waals surface area contributed by atoms with Crippen molar-refractivity contribution in [1.29, 1.82) is 0 Å². The summed E-state index contributed by atoms with van der Waals surface area (Å²) in [6.45, 7) is 5.59. The normalized spacial score (nSPS) is 12.5. The molecule has 1 amide bonds. The molecule has 2 aromatic carbocycles. The van der Waals surface area contributed by atoms with E-state index in [0.717, 1.165) is 21.7 Å². The predicted molar refractivity (Wildman–Crippen MR) is 112 cm³/mol. The summed E-state index contributed by atoms with van der Waals surface area (Å²) in [5.74, 6) is -0.425. The number of nitrogens with one attached hydrogen (secondary N) is 1. The highest BCUT2D eigenvalue weighted by atomic mass is 35.5. The molecule has 0 aliphatic heterocycles. The van der Waals surface area contributed by atoms with Gasteiger partial charge in [-0.15, -0.1) is 0 Å². The minimum Gasteiger partial charge on any atom is -0.324 e. The molecule has 0 saturated heterocycles. The third-order valence-corrected chi connectivity index (χ3v) is 5.69. The Kier molecular flexibility index (Phi) is 6.78. The summed E-state index contributed by atoms with van der Waals surface area (Å²) in [5.41, 5.74) is 2.86. The summed E-state index contributed by atoms with van der Waals surface area (Å²) < 4.78 is 26.0. The Hall–Kier alpha value is -1.76. The van der Waals surface area contributed by atoms with E-state index in [1.165, 1.54) is 18.2 Å². The summed E-state index contributed by atoms with van der Waals surface area (Å²) in [5, 5.41) is 3.40. The molecule has 0 aliphatic rings. The second kappa shape index (κ2) is 8.50. The number of hydrogen-bond donors (Lipinski definition) is 1. The van der Waals surface area contributed by atoms with Gasteiger partial charge in [0.25, 0.3) is 0 Å². The molecule has 0 saturated carbocycles. The van der Waals surface area contributed by atoms with Crippen molar-refractivity contribution < 1.29 is 13.2 Å². The Bertz CT molecular complexity index is 941. The molecule has 0 bridgehead atoms. The van der Waals surface area contributed by atoms with Gasteiger partial charge in [0.2, 0.25) is 15.9 Å². The molecule has 2 aromatic rings. The maximum atomic E-state index is 12.9. The standard InChI is InChI=1S/C19H22Cl2N2O3S/c1-5-18(19(24)22-17-7-6-12(2)8-13(17)3)23(27(4,25)26)16-10-14(20)9-15(21)11-16/h6-11,18H,5H2,1-4H3,(H,22,24)/t18-/m0/s1. The van der Waals surface area contributed by atoms with Crippen LogP contribution in [-0.4, -0.2) is 26.6 Å². The molecule has 0 heterocycles. The summed E-state index contributed by atoms with van der Waals surface area (Å²) in [4.78, 5) is 12.9. The van der Waals surface area contributed by atoms with Crippen LogP contribution in [0, 0.1) is 13.8 Å². The van der Waals surface area contributed by atoms with Gasteiger partial charge >= 0.3 is 0 Å². The van der Waals surface area contributed by atoms with Crippen molar-refractivity contribution in [2.24, 2.45) is 0 Å². The van der Waals surface area contributed by atoms with Gasteiger partial charge in [-0.3, -0.25) is 9.10 Å². The van der Waals surface area contributed by atoms with Gasteiger partial charge in [-0.1, -0.05) is 47.8 Å². The molecule has 0 aromatic heterocycles. The number of sulfonamides is 1. The smallest absolute Gasteiger partial charge is 0.248 e. The van der Waals surface area contributed by atoms with Crippen LogP contribution < -0.4 is 9.62 Å². The van der Waals surface area contributed by atoms with Gasteiger partial charge in [0.1, 0.15) is 6.04 Å². The number of carbonyl (C=O) groups excluding carboxylic acids is 1. The molecule has 0 radical (unpaired) electrons. The van der Waals surface area contributed by atoms with E-state index in [1.807, 2.05) is 26.0 Å². The zero-order valence-electron chi connectivity index (χ0n) is 15.6. The van der Waals surface area contributed by atoms with Crippen LogP contribution in [0.2, 0.25) is 10.0 Å². The van der Waals surface area contributed by atoms with Gasteiger partial charge in [0, 0.05) is 15.7 Å². The number of aryl methyl sites for hydroxylation is 2. The highest BCUT2D eigenvalue weighted by Gasteiger charge is 2.32. The average Bonchev–Trinajstić information content (AvgIpc) is 2.52. The fourth-order valence-electron chi connectivity index (χ4n) is 2.90. The van der Waals surface area contributed by atoms with Crippen LogP contribution in [0.1, 0.15) is 24.5 Å². The highest BCUT2D eigenvalue weighted by Crippen LogP contribution is 2.30. The lowest BCUT2D eigenvalue weighted by Crippen LogP contribution is -2.47. The number of halogens is 2. The topological polar surface area (TPSA) is 66.5 Å². The summed E-state index contributed by atoms with van der Waals surface area (Å²) in [6, 6.07) is 9.13. The Morgan fingerprint density at radius 2 is 1.70 bits per heavy atom. The maximum Gasteiger partial charge on any atom is 0.248 e. The van der Waals surface area contributed by atoms with E-state index in [2.05, 4.69) is 5.32 Å². The van der Waals surface area contributed by atoms with Crippen molar-refractivity contribution >= 4 is 50.5 Å². The highest BCUT2D eigenvalue weighted by molar-refractivity contribution is 7.92. The second-order valence-corrected chi connectivity index (χ2v) is 9.15. The Morgan fingerprint density at radius 3 is 2.19 bits per heavy atom. The van der Waals surface area contributed by atoms with Crippen molar-refractivity contribution in [1.82, 2.24) is 0 Å². The first kappa shape index (κ1) is 21.5. The van der Waals surface area contributed by atoms with E-state index in [4.69, 9.17) is 23.2 Å². The Balaban J connectivity index is 2.44. The molecule has 8 heteroatoms. The van der Waals surface area contributed by atoms with Gasteiger partial charge < -0.3 is 5.32 Å². The van der Waals surface area contributed by atoms with Crippen LogP contribution in [0.4, 0.5) is 11.4 Å². The number of benzene rings is 2. The number of carbonyl (C=O) groups is 1. The molecular formula is C19H22Cl2N2O3S. The number of anilines is 2. The molecule has 0 fully saturated rings. The lowest BCUT2D eigenvalue weighted by atomic mass is 10.1. The van der Waals surface area contributed by atoms with Crippen molar-refractivity contribution in [2.45, 2.75) is 33.2 Å². The lowest BCUT2D eigenvalue weighted by Gasteiger charge is -2.30. The quantitative estimate of drug-likeness (QED) is 0.718. The number of amides is 1. The predicted octanol–water partition coefficient (Wildman–Crippen LogP) is 4.79. The zero-order chi connectivity index (χ0) is 20.4. The largest absolute Gasteiger partial charge is 0.324 e. The minimum absolute atomic E-state index is 0.248. The van der Waals surface area contributed by atoms with Crippen LogP contribution in [0.25, 0.3) is 0 Å². The fourth-order valence-corrected chi connectivity index (χ4v) is 4.61. The molecule has 0 aliphatic carbocycles. The Labute approximate surface area is 170 Å². The molecule has 5 nitrogen and oxygen atoms in total. The summed E-state index contributed by atoms with van der Waals surface area (Å²) >= 11 is 12.1. The van der Waals surface area contributed by atoms with Crippen LogP contribution in [0.15, 0.2) is 36.4 Å². The molecular weight excluding hydrogens is 407 g/mol. The summed E-state index contributed by atoms with van der Waals surface area (Å²) in [6.07, 6.45) is 1.32. The maximum absolute atomic E-state index is 12.9. The van der Waals surface area contributed by atoms with Crippen LogP contribution in [-0.2, 0) is 14.8 Å². The van der Waals surface area contributed by atoms with Gasteiger partial charge in [0.05, 0.1) is 11.9 Å². The van der Waals surface area contributed by atoms with Gasteiger partial charge in [-0.25, -0.2) is 8.42 Å². The fraction of sp³-hybridized carbons (Fsp3) is 0.316. The molecule has 0 unspecified atom stereocenters. The molecule has 2 rings (SSSR count). The van der Waals surface area contributed by atoms with Crippen LogP contribution in [0.5, 0.6) is 0 Å². The zero-order valence-corrected chi connectivity index (χ0v) is 17.9. The molecule has 1 N–H and O–H groups in total. The Morgan fingerprint density at radius 1 is 1.11 bits per heavy atom. The third-order valence-electron chi connectivity index (χ3n) is 4.07. The lowest BCUT2D eigenvalue weighted by molar-refractivity contribution is -0.117. The first-order valence-electron chi connectivity index (χ1n) is 8.36. The average molecular weight is 429 g/mol.